The Labute approximate surface area is 86.0 Å². The zero-order chi connectivity index (χ0) is 9.97. The van der Waals surface area contributed by atoms with E-state index < -0.39 is 0 Å². The van der Waals surface area contributed by atoms with Crippen LogP contribution < -0.4 is 0 Å². The van der Waals surface area contributed by atoms with E-state index in [0.717, 1.165) is 12.5 Å². The topological polar surface area (TPSA) is 20.3 Å². The molecule has 0 N–H and O–H groups in total. The van der Waals surface area contributed by atoms with Gasteiger partial charge < -0.3 is 4.90 Å². The maximum Gasteiger partial charge on any atom is 0.246 e. The number of allylic oxidation sites excluding steroid dienone is 1. The summed E-state index contributed by atoms with van der Waals surface area (Å²) >= 11 is 0. The summed E-state index contributed by atoms with van der Waals surface area (Å²) in [6.07, 6.45) is 9.98. The molecular weight excluding hydrogens is 174 g/mol. The number of carbonyl (C=O) groups is 1. The molecule has 1 amide bonds. The minimum Gasteiger partial charge on any atom is -0.336 e. The van der Waals surface area contributed by atoms with Crippen LogP contribution in [0.15, 0.2) is 12.2 Å². The molecule has 0 aromatic carbocycles. The molecule has 2 heteroatoms. The van der Waals surface area contributed by atoms with Gasteiger partial charge in [-0.25, -0.2) is 0 Å². The van der Waals surface area contributed by atoms with Gasteiger partial charge in [-0.15, -0.1) is 0 Å². The highest BCUT2D eigenvalue weighted by atomic mass is 16.2. The van der Waals surface area contributed by atoms with Crippen LogP contribution in [0, 0.1) is 5.92 Å². The first-order valence-corrected chi connectivity index (χ1v) is 5.76. The number of carbonyl (C=O) groups excluding carboxylic acids is 1. The van der Waals surface area contributed by atoms with E-state index in [0.29, 0.717) is 6.04 Å². The van der Waals surface area contributed by atoms with Gasteiger partial charge in [0.15, 0.2) is 0 Å². The number of amides is 1. The van der Waals surface area contributed by atoms with Gasteiger partial charge in [0.1, 0.15) is 0 Å². The Morgan fingerprint density at radius 2 is 2.07 bits per heavy atom. The summed E-state index contributed by atoms with van der Waals surface area (Å²) in [7, 11) is 0. The lowest BCUT2D eigenvalue weighted by Gasteiger charge is -2.37. The molecule has 1 aliphatic carbocycles. The lowest BCUT2D eigenvalue weighted by molar-refractivity contribution is -0.130. The smallest absolute Gasteiger partial charge is 0.246 e. The zero-order valence-corrected chi connectivity index (χ0v) is 8.91. The van der Waals surface area contributed by atoms with Crippen LogP contribution in [0.3, 0.4) is 0 Å². The van der Waals surface area contributed by atoms with Crippen molar-refractivity contribution in [1.82, 2.24) is 4.90 Å². The zero-order valence-electron chi connectivity index (χ0n) is 8.91. The molecule has 0 bridgehead atoms. The number of nitrogens with zero attached hydrogens (tertiary/aromatic N) is 1. The summed E-state index contributed by atoms with van der Waals surface area (Å²) in [6, 6.07) is 0.562. The maximum atomic E-state index is 11.8. The predicted octanol–water partition coefficient (Wildman–Crippen LogP) is 2.35. The minimum absolute atomic E-state index is 0.226. The highest BCUT2D eigenvalue weighted by Gasteiger charge is 2.36. The Morgan fingerprint density at radius 1 is 1.29 bits per heavy atom. The van der Waals surface area contributed by atoms with Crippen LogP contribution in [0.25, 0.3) is 0 Å². The summed E-state index contributed by atoms with van der Waals surface area (Å²) in [5, 5.41) is 0. The summed E-state index contributed by atoms with van der Waals surface area (Å²) in [5.41, 5.74) is 0. The van der Waals surface area contributed by atoms with Crippen molar-refractivity contribution in [3.63, 3.8) is 0 Å². The van der Waals surface area contributed by atoms with Crippen molar-refractivity contribution < 1.29 is 4.79 Å². The highest BCUT2D eigenvalue weighted by molar-refractivity contribution is 5.87. The number of fused-ring (bicyclic) bond motifs is 1. The molecule has 2 atom stereocenters. The Bertz CT molecular complexity index is 247. The van der Waals surface area contributed by atoms with E-state index in [-0.39, 0.29) is 5.91 Å². The third-order valence-electron chi connectivity index (χ3n) is 3.59. The fourth-order valence-corrected chi connectivity index (χ4v) is 2.97. The van der Waals surface area contributed by atoms with Crippen molar-refractivity contribution in [3.05, 3.63) is 12.2 Å². The second-order valence-electron chi connectivity index (χ2n) is 4.43. The van der Waals surface area contributed by atoms with Crippen molar-refractivity contribution in [2.24, 2.45) is 5.92 Å². The number of hydrogen-bond acceptors (Lipinski definition) is 1. The minimum atomic E-state index is 0.226. The van der Waals surface area contributed by atoms with E-state index in [1.54, 1.807) is 6.08 Å². The molecule has 78 valence electrons. The van der Waals surface area contributed by atoms with Gasteiger partial charge in [0.2, 0.25) is 5.91 Å². The molecule has 2 fully saturated rings. The molecule has 1 aliphatic heterocycles. The molecular formula is C12H19NO. The molecule has 1 saturated carbocycles. The van der Waals surface area contributed by atoms with Gasteiger partial charge in [-0.3, -0.25) is 4.79 Å². The van der Waals surface area contributed by atoms with Gasteiger partial charge in [-0.1, -0.05) is 12.5 Å². The first-order valence-electron chi connectivity index (χ1n) is 5.76. The van der Waals surface area contributed by atoms with Crippen molar-refractivity contribution in [2.45, 2.75) is 45.1 Å². The van der Waals surface area contributed by atoms with E-state index >= 15 is 0 Å². The quantitative estimate of drug-likeness (QED) is 0.585. The fraction of sp³-hybridized carbons (Fsp3) is 0.750. The maximum absolute atomic E-state index is 11.8. The Balaban J connectivity index is 2.06. The van der Waals surface area contributed by atoms with Crippen molar-refractivity contribution in [2.75, 3.05) is 6.54 Å². The summed E-state index contributed by atoms with van der Waals surface area (Å²) in [5.74, 6) is 1.03. The van der Waals surface area contributed by atoms with Crippen LogP contribution in [-0.2, 0) is 4.79 Å². The Kier molecular flexibility index (Phi) is 2.90. The first-order chi connectivity index (χ1) is 6.83. The molecule has 2 rings (SSSR count). The van der Waals surface area contributed by atoms with Crippen LogP contribution in [0.1, 0.15) is 39.0 Å². The Morgan fingerprint density at radius 3 is 2.86 bits per heavy atom. The van der Waals surface area contributed by atoms with Crippen molar-refractivity contribution >= 4 is 5.91 Å². The summed E-state index contributed by atoms with van der Waals surface area (Å²) in [6.45, 7) is 2.89. The standard InChI is InChI=1S/C12H19NO/c1-2-5-12(14)13-9-4-7-10-6-3-8-11(10)13/h2,5,10-11H,3-4,6-9H2,1H3/b5-2+. The lowest BCUT2D eigenvalue weighted by Crippen LogP contribution is -2.45. The number of piperidine rings is 1. The molecule has 0 spiro atoms. The molecule has 0 radical (unpaired) electrons. The summed E-state index contributed by atoms with van der Waals surface area (Å²) < 4.78 is 0. The van der Waals surface area contributed by atoms with Crippen molar-refractivity contribution in [3.8, 4) is 0 Å². The third-order valence-corrected chi connectivity index (χ3v) is 3.59. The number of hydrogen-bond donors (Lipinski definition) is 0. The second kappa shape index (κ2) is 4.16. The van der Waals surface area contributed by atoms with Crippen LogP contribution >= 0.6 is 0 Å². The largest absolute Gasteiger partial charge is 0.336 e. The lowest BCUT2D eigenvalue weighted by atomic mass is 9.92. The van der Waals surface area contributed by atoms with Crippen LogP contribution in [0.2, 0.25) is 0 Å². The van der Waals surface area contributed by atoms with E-state index in [1.807, 2.05) is 13.0 Å². The van der Waals surface area contributed by atoms with E-state index in [2.05, 4.69) is 4.90 Å². The van der Waals surface area contributed by atoms with E-state index in [9.17, 15) is 4.79 Å². The number of rotatable bonds is 1. The average Bonchev–Trinajstić information content (AvgIpc) is 2.65. The van der Waals surface area contributed by atoms with Crippen LogP contribution in [0.5, 0.6) is 0 Å². The van der Waals surface area contributed by atoms with Crippen LogP contribution in [-0.4, -0.2) is 23.4 Å². The average molecular weight is 193 g/mol. The molecule has 14 heavy (non-hydrogen) atoms. The normalized spacial score (nSPS) is 32.2. The van der Waals surface area contributed by atoms with Crippen LogP contribution in [0.4, 0.5) is 0 Å². The third kappa shape index (κ3) is 1.70. The van der Waals surface area contributed by atoms with Gasteiger partial charge in [0.25, 0.3) is 0 Å². The Hall–Kier alpha value is -0.790. The summed E-state index contributed by atoms with van der Waals surface area (Å²) in [4.78, 5) is 13.9. The number of likely N-dealkylation sites (tertiary alicyclic amines) is 1. The monoisotopic (exact) mass is 193 g/mol. The second-order valence-corrected chi connectivity index (χ2v) is 4.43. The molecule has 0 aromatic rings. The van der Waals surface area contributed by atoms with Gasteiger partial charge >= 0.3 is 0 Å². The van der Waals surface area contributed by atoms with Gasteiger partial charge in [0, 0.05) is 12.6 Å². The molecule has 2 nitrogen and oxygen atoms in total. The highest BCUT2D eigenvalue weighted by Crippen LogP contribution is 2.36. The van der Waals surface area contributed by atoms with E-state index in [4.69, 9.17) is 0 Å². The van der Waals surface area contributed by atoms with Gasteiger partial charge in [-0.2, -0.15) is 0 Å². The SMILES string of the molecule is C/C=C/C(=O)N1CCCC2CCCC21. The molecule has 2 unspecified atom stereocenters. The van der Waals surface area contributed by atoms with Crippen molar-refractivity contribution in [1.29, 1.82) is 0 Å². The fourth-order valence-electron chi connectivity index (χ4n) is 2.97. The van der Waals surface area contributed by atoms with Gasteiger partial charge in [-0.05, 0) is 44.6 Å². The molecule has 2 aliphatic rings. The first kappa shape index (κ1) is 9.75. The molecule has 1 heterocycles. The van der Waals surface area contributed by atoms with E-state index in [1.165, 1.54) is 32.1 Å². The molecule has 1 saturated heterocycles. The van der Waals surface area contributed by atoms with Gasteiger partial charge in [0.05, 0.1) is 0 Å². The molecule has 0 aromatic heterocycles. The predicted molar refractivity (Wildman–Crippen MR) is 56.9 cm³/mol.